The van der Waals surface area contributed by atoms with Gasteiger partial charge in [-0.25, -0.2) is 9.59 Å². The lowest BCUT2D eigenvalue weighted by Gasteiger charge is -2.25. The van der Waals surface area contributed by atoms with Gasteiger partial charge in [0.15, 0.2) is 6.10 Å². The molecular formula is C22H25NO7. The predicted molar refractivity (Wildman–Crippen MR) is 110 cm³/mol. The number of ether oxygens (including phenoxy) is 3. The number of carbonyl (C=O) groups is 2. The molecule has 2 atom stereocenters. The zero-order valence-corrected chi connectivity index (χ0v) is 16.6. The Hall–Kier alpha value is -3.36. The Kier molecular flexibility index (Phi) is 9.36. The number of aliphatic hydroxyl groups excluding tert-OH is 1. The lowest BCUT2D eigenvalue weighted by atomic mass is 10.0. The van der Waals surface area contributed by atoms with Crippen LogP contribution in [0.15, 0.2) is 66.7 Å². The summed E-state index contributed by atoms with van der Waals surface area (Å²) in [5.41, 5.74) is 1.09. The fourth-order valence-electron chi connectivity index (χ4n) is 2.67. The number of amides is 1. The third kappa shape index (κ3) is 7.57. The SMILES string of the molecule is CCO[C@H](/C=C/C(=O)O)[C@H](OC(=O)Nc1ccccc1)c1cccc(OCCO)c1. The Morgan fingerprint density at radius 3 is 2.57 bits per heavy atom. The molecule has 0 aliphatic carbocycles. The number of hydrogen-bond donors (Lipinski definition) is 3. The summed E-state index contributed by atoms with van der Waals surface area (Å²) in [4.78, 5) is 23.5. The summed E-state index contributed by atoms with van der Waals surface area (Å²) >= 11 is 0. The maximum absolute atomic E-state index is 12.5. The molecule has 0 aromatic heterocycles. The first-order valence-corrected chi connectivity index (χ1v) is 9.42. The molecule has 30 heavy (non-hydrogen) atoms. The van der Waals surface area contributed by atoms with E-state index < -0.39 is 24.3 Å². The first kappa shape index (κ1) is 22.9. The van der Waals surface area contributed by atoms with E-state index in [2.05, 4.69) is 5.32 Å². The summed E-state index contributed by atoms with van der Waals surface area (Å²) < 4.78 is 16.7. The largest absolute Gasteiger partial charge is 0.491 e. The normalized spacial score (nSPS) is 12.9. The fourth-order valence-corrected chi connectivity index (χ4v) is 2.67. The number of carboxylic acids is 1. The quantitative estimate of drug-likeness (QED) is 0.482. The number of benzene rings is 2. The van der Waals surface area contributed by atoms with Crippen molar-refractivity contribution in [3.8, 4) is 5.75 Å². The predicted octanol–water partition coefficient (Wildman–Crippen LogP) is 3.39. The molecule has 0 aliphatic heterocycles. The average Bonchev–Trinajstić information content (AvgIpc) is 2.74. The van der Waals surface area contributed by atoms with Crippen LogP contribution in [0.5, 0.6) is 5.75 Å². The number of rotatable bonds is 11. The Labute approximate surface area is 174 Å². The molecule has 2 aromatic carbocycles. The maximum atomic E-state index is 12.5. The maximum Gasteiger partial charge on any atom is 0.412 e. The average molecular weight is 415 g/mol. The molecule has 8 heteroatoms. The van der Waals surface area contributed by atoms with E-state index >= 15 is 0 Å². The van der Waals surface area contributed by atoms with Gasteiger partial charge in [-0.05, 0) is 42.8 Å². The second-order valence-corrected chi connectivity index (χ2v) is 6.08. The number of carbonyl (C=O) groups excluding carboxylic acids is 1. The van der Waals surface area contributed by atoms with Crippen LogP contribution in [0.3, 0.4) is 0 Å². The highest BCUT2D eigenvalue weighted by atomic mass is 16.6. The monoisotopic (exact) mass is 415 g/mol. The van der Waals surface area contributed by atoms with Crippen molar-refractivity contribution in [2.24, 2.45) is 0 Å². The third-order valence-corrected chi connectivity index (χ3v) is 3.89. The first-order valence-electron chi connectivity index (χ1n) is 9.42. The molecule has 0 spiro atoms. The molecule has 0 saturated heterocycles. The Balaban J connectivity index is 2.30. The van der Waals surface area contributed by atoms with Gasteiger partial charge in [0.05, 0.1) is 6.61 Å². The van der Waals surface area contributed by atoms with Crippen molar-refractivity contribution in [3.05, 3.63) is 72.3 Å². The van der Waals surface area contributed by atoms with Gasteiger partial charge in [-0.15, -0.1) is 0 Å². The highest BCUT2D eigenvalue weighted by Gasteiger charge is 2.27. The van der Waals surface area contributed by atoms with Crippen molar-refractivity contribution >= 4 is 17.7 Å². The van der Waals surface area contributed by atoms with Gasteiger partial charge in [-0.2, -0.15) is 0 Å². The van der Waals surface area contributed by atoms with Gasteiger partial charge in [0.25, 0.3) is 0 Å². The van der Waals surface area contributed by atoms with Crippen LogP contribution in [-0.4, -0.2) is 48.2 Å². The molecular weight excluding hydrogens is 390 g/mol. The Morgan fingerprint density at radius 1 is 1.13 bits per heavy atom. The lowest BCUT2D eigenvalue weighted by molar-refractivity contribution is -0.131. The smallest absolute Gasteiger partial charge is 0.412 e. The van der Waals surface area contributed by atoms with Crippen LogP contribution in [0.25, 0.3) is 0 Å². The van der Waals surface area contributed by atoms with E-state index in [0.717, 1.165) is 6.08 Å². The summed E-state index contributed by atoms with van der Waals surface area (Å²) in [7, 11) is 0. The zero-order chi connectivity index (χ0) is 21.8. The van der Waals surface area contributed by atoms with Gasteiger partial charge in [-0.3, -0.25) is 5.32 Å². The van der Waals surface area contributed by atoms with Crippen LogP contribution in [0.4, 0.5) is 10.5 Å². The van der Waals surface area contributed by atoms with Crippen molar-refractivity contribution in [1.29, 1.82) is 0 Å². The molecule has 0 heterocycles. The number of anilines is 1. The molecule has 0 saturated carbocycles. The van der Waals surface area contributed by atoms with Gasteiger partial charge in [0, 0.05) is 18.4 Å². The lowest BCUT2D eigenvalue weighted by Crippen LogP contribution is -2.28. The van der Waals surface area contributed by atoms with Crippen molar-refractivity contribution in [1.82, 2.24) is 0 Å². The molecule has 0 unspecified atom stereocenters. The summed E-state index contributed by atoms with van der Waals surface area (Å²) in [6.45, 7) is 1.99. The topological polar surface area (TPSA) is 114 Å². The number of aliphatic hydroxyl groups is 1. The van der Waals surface area contributed by atoms with Gasteiger partial charge in [0.1, 0.15) is 18.5 Å². The van der Waals surface area contributed by atoms with Crippen LogP contribution in [0, 0.1) is 0 Å². The van der Waals surface area contributed by atoms with Crippen molar-refractivity contribution in [2.45, 2.75) is 19.1 Å². The summed E-state index contributed by atoms with van der Waals surface area (Å²) in [6.07, 6.45) is -0.241. The number of carboxylic acid groups (broad SMARTS) is 1. The third-order valence-electron chi connectivity index (χ3n) is 3.89. The van der Waals surface area contributed by atoms with Gasteiger partial charge < -0.3 is 24.4 Å². The molecule has 3 N–H and O–H groups in total. The van der Waals surface area contributed by atoms with E-state index in [1.165, 1.54) is 6.08 Å². The number of para-hydroxylation sites is 1. The van der Waals surface area contributed by atoms with E-state index in [4.69, 9.17) is 24.4 Å². The van der Waals surface area contributed by atoms with Crippen LogP contribution in [0.2, 0.25) is 0 Å². The van der Waals surface area contributed by atoms with E-state index in [0.29, 0.717) is 17.0 Å². The molecule has 2 rings (SSSR count). The minimum Gasteiger partial charge on any atom is -0.491 e. The van der Waals surface area contributed by atoms with Gasteiger partial charge >= 0.3 is 12.1 Å². The van der Waals surface area contributed by atoms with Crippen molar-refractivity contribution in [3.63, 3.8) is 0 Å². The van der Waals surface area contributed by atoms with Crippen LogP contribution in [-0.2, 0) is 14.3 Å². The highest BCUT2D eigenvalue weighted by molar-refractivity contribution is 5.84. The molecule has 0 aliphatic rings. The summed E-state index contributed by atoms with van der Waals surface area (Å²) in [5.74, 6) is -0.677. The Morgan fingerprint density at radius 2 is 1.90 bits per heavy atom. The zero-order valence-electron chi connectivity index (χ0n) is 16.6. The fraction of sp³-hybridized carbons (Fsp3) is 0.273. The number of nitrogens with one attached hydrogen (secondary N) is 1. The Bertz CT molecular complexity index is 838. The molecule has 8 nitrogen and oxygen atoms in total. The number of aliphatic carboxylic acids is 1. The van der Waals surface area contributed by atoms with E-state index in [-0.39, 0.29) is 19.8 Å². The van der Waals surface area contributed by atoms with Gasteiger partial charge in [-0.1, -0.05) is 30.3 Å². The van der Waals surface area contributed by atoms with E-state index in [9.17, 15) is 9.59 Å². The van der Waals surface area contributed by atoms with Crippen molar-refractivity contribution in [2.75, 3.05) is 25.1 Å². The minimum absolute atomic E-state index is 0.108. The van der Waals surface area contributed by atoms with E-state index in [1.54, 1.807) is 55.5 Å². The molecule has 2 aromatic rings. The highest BCUT2D eigenvalue weighted by Crippen LogP contribution is 2.28. The van der Waals surface area contributed by atoms with Crippen molar-refractivity contribution < 1.29 is 34.0 Å². The van der Waals surface area contributed by atoms with E-state index in [1.807, 2.05) is 6.07 Å². The molecule has 0 radical (unpaired) electrons. The molecule has 1 amide bonds. The van der Waals surface area contributed by atoms with Gasteiger partial charge in [0.2, 0.25) is 0 Å². The second kappa shape index (κ2) is 12.3. The second-order valence-electron chi connectivity index (χ2n) is 6.08. The van der Waals surface area contributed by atoms with Crippen LogP contribution >= 0.6 is 0 Å². The molecule has 160 valence electrons. The minimum atomic E-state index is -1.15. The summed E-state index contributed by atoms with van der Waals surface area (Å²) in [6, 6.07) is 15.6. The van der Waals surface area contributed by atoms with Crippen LogP contribution in [0.1, 0.15) is 18.6 Å². The molecule has 0 bridgehead atoms. The summed E-state index contributed by atoms with van der Waals surface area (Å²) in [5, 5.41) is 20.6. The standard InChI is InChI=1S/C22H25NO7/c1-2-28-19(11-12-20(25)26)21(16-7-6-10-18(15-16)29-14-13-24)30-22(27)23-17-8-4-3-5-9-17/h3-12,15,19,21,24H,2,13-14H2,1H3,(H,23,27)(H,25,26)/b12-11+/t19-,21-/m1/s1. The number of hydrogen-bond acceptors (Lipinski definition) is 6. The molecule has 0 fully saturated rings. The first-order chi connectivity index (χ1) is 14.5. The van der Waals surface area contributed by atoms with Crippen LogP contribution < -0.4 is 10.1 Å².